The number of aryl methyl sites for hydroxylation is 1. The van der Waals surface area contributed by atoms with E-state index in [4.69, 9.17) is 9.15 Å². The van der Waals surface area contributed by atoms with Crippen LogP contribution in [0.3, 0.4) is 0 Å². The molecular formula is C20H26N4O2. The zero-order chi connectivity index (χ0) is 18.5. The van der Waals surface area contributed by atoms with Crippen molar-refractivity contribution in [3.8, 4) is 6.07 Å². The molecule has 0 amide bonds. The highest BCUT2D eigenvalue weighted by atomic mass is 16.5. The Morgan fingerprint density at radius 3 is 2.54 bits per heavy atom. The Labute approximate surface area is 154 Å². The quantitative estimate of drug-likeness (QED) is 0.856. The third kappa shape index (κ3) is 4.24. The van der Waals surface area contributed by atoms with Gasteiger partial charge in [-0.2, -0.15) is 5.26 Å². The zero-order valence-corrected chi connectivity index (χ0v) is 15.7. The van der Waals surface area contributed by atoms with Gasteiger partial charge in [0.15, 0.2) is 0 Å². The Balaban J connectivity index is 1.79. The first-order chi connectivity index (χ1) is 12.6. The molecule has 1 aliphatic rings. The SMILES string of the molecule is Cc1ccc([C@@H](CNc2oc(C(C)C)nc2C#N)N2CCOCC2)cc1. The summed E-state index contributed by atoms with van der Waals surface area (Å²) in [7, 11) is 0. The van der Waals surface area contributed by atoms with Crippen molar-refractivity contribution in [1.29, 1.82) is 5.26 Å². The van der Waals surface area contributed by atoms with Gasteiger partial charge in [-0.1, -0.05) is 43.7 Å². The Morgan fingerprint density at radius 1 is 1.23 bits per heavy atom. The highest BCUT2D eigenvalue weighted by Gasteiger charge is 2.24. The molecule has 3 rings (SSSR count). The predicted octanol–water partition coefficient (Wildman–Crippen LogP) is 3.46. The lowest BCUT2D eigenvalue weighted by molar-refractivity contribution is 0.0186. The van der Waals surface area contributed by atoms with Crippen molar-refractivity contribution in [3.05, 3.63) is 47.0 Å². The number of oxazole rings is 1. The Kier molecular flexibility index (Phi) is 5.92. The molecule has 1 fully saturated rings. The number of anilines is 1. The Morgan fingerprint density at radius 2 is 1.92 bits per heavy atom. The summed E-state index contributed by atoms with van der Waals surface area (Å²) in [6.45, 7) is 9.99. The highest BCUT2D eigenvalue weighted by molar-refractivity contribution is 5.46. The fraction of sp³-hybridized carbons (Fsp3) is 0.500. The number of ether oxygens (including phenoxy) is 1. The average Bonchev–Trinajstić information content (AvgIpc) is 3.08. The van der Waals surface area contributed by atoms with Crippen molar-refractivity contribution in [3.63, 3.8) is 0 Å². The van der Waals surface area contributed by atoms with Crippen molar-refractivity contribution in [2.24, 2.45) is 0 Å². The summed E-state index contributed by atoms with van der Waals surface area (Å²) in [4.78, 5) is 6.69. The van der Waals surface area contributed by atoms with Gasteiger partial charge in [-0.15, -0.1) is 0 Å². The first-order valence-corrected chi connectivity index (χ1v) is 9.11. The standard InChI is InChI=1S/C20H26N4O2/c1-14(2)19-23-17(12-21)20(26-19)22-13-18(24-8-10-25-11-9-24)16-6-4-15(3)5-7-16/h4-7,14,18,22H,8-11,13H2,1-3H3/t18-/m1/s1. The molecule has 138 valence electrons. The summed E-state index contributed by atoms with van der Waals surface area (Å²) in [5.41, 5.74) is 2.80. The largest absolute Gasteiger partial charge is 0.424 e. The lowest BCUT2D eigenvalue weighted by Crippen LogP contribution is -2.41. The number of nitriles is 1. The molecule has 0 spiro atoms. The van der Waals surface area contributed by atoms with E-state index in [1.165, 1.54) is 11.1 Å². The maximum atomic E-state index is 9.34. The Hall–Kier alpha value is -2.36. The minimum atomic E-state index is 0.143. The molecule has 0 aliphatic carbocycles. The number of hydrogen-bond donors (Lipinski definition) is 1. The van der Waals surface area contributed by atoms with Crippen LogP contribution in [0, 0.1) is 18.3 Å². The fourth-order valence-electron chi connectivity index (χ4n) is 3.10. The average molecular weight is 354 g/mol. The molecule has 1 saturated heterocycles. The molecule has 6 nitrogen and oxygen atoms in total. The molecule has 2 heterocycles. The first kappa shape index (κ1) is 18.4. The molecule has 1 aromatic heterocycles. The van der Waals surface area contributed by atoms with Crippen molar-refractivity contribution >= 4 is 5.88 Å². The molecule has 1 atom stereocenters. The number of benzene rings is 1. The lowest BCUT2D eigenvalue weighted by Gasteiger charge is -2.35. The summed E-state index contributed by atoms with van der Waals surface area (Å²) >= 11 is 0. The minimum absolute atomic E-state index is 0.143. The summed E-state index contributed by atoms with van der Waals surface area (Å²) in [5.74, 6) is 1.19. The van der Waals surface area contributed by atoms with E-state index in [2.05, 4.69) is 52.5 Å². The van der Waals surface area contributed by atoms with Crippen LogP contribution >= 0.6 is 0 Å². The summed E-state index contributed by atoms with van der Waals surface area (Å²) in [6.07, 6.45) is 0. The normalized spacial score (nSPS) is 16.4. The van der Waals surface area contributed by atoms with Crippen LogP contribution in [-0.2, 0) is 4.74 Å². The number of nitrogens with one attached hydrogen (secondary N) is 1. The van der Waals surface area contributed by atoms with Crippen molar-refractivity contribution < 1.29 is 9.15 Å². The minimum Gasteiger partial charge on any atom is -0.424 e. The monoisotopic (exact) mass is 354 g/mol. The smallest absolute Gasteiger partial charge is 0.232 e. The van der Waals surface area contributed by atoms with E-state index >= 15 is 0 Å². The van der Waals surface area contributed by atoms with Gasteiger partial charge in [0.25, 0.3) is 0 Å². The van der Waals surface area contributed by atoms with Gasteiger partial charge in [0.2, 0.25) is 17.5 Å². The van der Waals surface area contributed by atoms with E-state index in [0.29, 0.717) is 24.0 Å². The lowest BCUT2D eigenvalue weighted by atomic mass is 10.0. The van der Waals surface area contributed by atoms with Gasteiger partial charge in [-0.05, 0) is 12.5 Å². The van der Waals surface area contributed by atoms with Crippen LogP contribution in [0.15, 0.2) is 28.7 Å². The van der Waals surface area contributed by atoms with Gasteiger partial charge < -0.3 is 14.5 Å². The van der Waals surface area contributed by atoms with Crippen LogP contribution in [0.25, 0.3) is 0 Å². The number of aromatic nitrogens is 1. The number of nitrogens with zero attached hydrogens (tertiary/aromatic N) is 3. The number of morpholine rings is 1. The number of rotatable bonds is 6. The summed E-state index contributed by atoms with van der Waals surface area (Å²) < 4.78 is 11.3. The Bertz CT molecular complexity index is 755. The maximum absolute atomic E-state index is 9.34. The molecule has 0 radical (unpaired) electrons. The van der Waals surface area contributed by atoms with Gasteiger partial charge in [-0.25, -0.2) is 4.98 Å². The van der Waals surface area contributed by atoms with E-state index in [0.717, 1.165) is 26.3 Å². The molecule has 0 bridgehead atoms. The maximum Gasteiger partial charge on any atom is 0.232 e. The van der Waals surface area contributed by atoms with Crippen molar-refractivity contribution in [1.82, 2.24) is 9.88 Å². The third-order valence-corrected chi connectivity index (χ3v) is 4.65. The zero-order valence-electron chi connectivity index (χ0n) is 15.7. The predicted molar refractivity (Wildman–Crippen MR) is 100 cm³/mol. The molecule has 6 heteroatoms. The third-order valence-electron chi connectivity index (χ3n) is 4.65. The van der Waals surface area contributed by atoms with E-state index in [1.54, 1.807) is 0 Å². The molecule has 2 aromatic rings. The van der Waals surface area contributed by atoms with Crippen LogP contribution in [0.2, 0.25) is 0 Å². The van der Waals surface area contributed by atoms with Crippen LogP contribution in [0.5, 0.6) is 0 Å². The second-order valence-electron chi connectivity index (χ2n) is 6.95. The van der Waals surface area contributed by atoms with Gasteiger partial charge in [-0.3, -0.25) is 4.90 Å². The second-order valence-corrected chi connectivity index (χ2v) is 6.95. The van der Waals surface area contributed by atoms with Crippen LogP contribution in [0.1, 0.15) is 48.5 Å². The topological polar surface area (TPSA) is 74.3 Å². The van der Waals surface area contributed by atoms with Crippen molar-refractivity contribution in [2.75, 3.05) is 38.2 Å². The van der Waals surface area contributed by atoms with E-state index in [1.807, 2.05) is 13.8 Å². The second kappa shape index (κ2) is 8.35. The van der Waals surface area contributed by atoms with E-state index < -0.39 is 0 Å². The highest BCUT2D eigenvalue weighted by Crippen LogP contribution is 2.26. The molecule has 26 heavy (non-hydrogen) atoms. The van der Waals surface area contributed by atoms with Gasteiger partial charge in [0, 0.05) is 25.6 Å². The molecule has 0 unspecified atom stereocenters. The van der Waals surface area contributed by atoms with E-state index in [-0.39, 0.29) is 12.0 Å². The first-order valence-electron chi connectivity index (χ1n) is 9.11. The van der Waals surface area contributed by atoms with Crippen LogP contribution in [-0.4, -0.2) is 42.7 Å². The van der Waals surface area contributed by atoms with Gasteiger partial charge in [0.05, 0.1) is 19.3 Å². The van der Waals surface area contributed by atoms with E-state index in [9.17, 15) is 5.26 Å². The number of hydrogen-bond acceptors (Lipinski definition) is 6. The van der Waals surface area contributed by atoms with Gasteiger partial charge in [0.1, 0.15) is 6.07 Å². The summed E-state index contributed by atoms with van der Waals surface area (Å²) in [6, 6.07) is 10.9. The molecule has 1 N–H and O–H groups in total. The van der Waals surface area contributed by atoms with Crippen LogP contribution < -0.4 is 5.32 Å². The molecule has 1 aromatic carbocycles. The van der Waals surface area contributed by atoms with Crippen molar-refractivity contribution in [2.45, 2.75) is 32.7 Å². The van der Waals surface area contributed by atoms with Crippen LogP contribution in [0.4, 0.5) is 5.88 Å². The van der Waals surface area contributed by atoms with Gasteiger partial charge >= 0.3 is 0 Å². The molecule has 1 aliphatic heterocycles. The molecular weight excluding hydrogens is 328 g/mol. The summed E-state index contributed by atoms with van der Waals surface area (Å²) in [5, 5.41) is 12.7. The fourth-order valence-corrected chi connectivity index (χ4v) is 3.10. The molecule has 0 saturated carbocycles.